The molecule has 7 nitrogen and oxygen atoms in total. The molecule has 0 aromatic heterocycles. The minimum absolute atomic E-state index is 0.0323. The van der Waals surface area contributed by atoms with Gasteiger partial charge in [-0.3, -0.25) is 4.79 Å². The van der Waals surface area contributed by atoms with Crippen molar-refractivity contribution in [3.8, 4) is 17.6 Å². The zero-order chi connectivity index (χ0) is 24.4. The van der Waals surface area contributed by atoms with E-state index in [1.807, 2.05) is 58.9 Å². The number of amides is 1. The number of ether oxygens (including phenoxy) is 1. The molecule has 2 aromatic rings. The molecule has 1 fully saturated rings. The fraction of sp³-hybridized carbons (Fsp3) is 0.440. The minimum atomic E-state index is -3.93. The molecule has 33 heavy (non-hydrogen) atoms. The normalized spacial score (nSPS) is 15.2. The second kappa shape index (κ2) is 9.54. The average Bonchev–Trinajstić information content (AvgIpc) is 2.72. The summed E-state index contributed by atoms with van der Waals surface area (Å²) in [6.45, 7) is 10.9. The van der Waals surface area contributed by atoms with E-state index in [0.717, 1.165) is 11.1 Å². The third kappa shape index (κ3) is 6.12. The molecule has 0 N–H and O–H groups in total. The van der Waals surface area contributed by atoms with Crippen LogP contribution in [0.1, 0.15) is 43.9 Å². The van der Waals surface area contributed by atoms with Crippen molar-refractivity contribution in [2.24, 2.45) is 5.41 Å². The van der Waals surface area contributed by atoms with Gasteiger partial charge < -0.3 is 9.64 Å². The second-order valence-corrected chi connectivity index (χ2v) is 11.6. The Morgan fingerprint density at radius 2 is 1.64 bits per heavy atom. The smallest absolute Gasteiger partial charge is 0.246 e. The Labute approximate surface area is 196 Å². The van der Waals surface area contributed by atoms with Crippen LogP contribution in [-0.4, -0.2) is 49.7 Å². The fourth-order valence-corrected chi connectivity index (χ4v) is 5.43. The summed E-state index contributed by atoms with van der Waals surface area (Å²) in [4.78, 5) is 14.2. The number of hydrogen-bond acceptors (Lipinski definition) is 5. The quantitative estimate of drug-likeness (QED) is 0.653. The number of carbonyl (C=O) groups is 1. The maximum Gasteiger partial charge on any atom is 0.246 e. The van der Waals surface area contributed by atoms with Gasteiger partial charge >= 0.3 is 0 Å². The van der Waals surface area contributed by atoms with Crippen molar-refractivity contribution < 1.29 is 17.9 Å². The zero-order valence-corrected chi connectivity index (χ0v) is 20.7. The van der Waals surface area contributed by atoms with Crippen molar-refractivity contribution in [3.05, 3.63) is 53.1 Å². The predicted octanol–water partition coefficient (Wildman–Crippen LogP) is 4.24. The second-order valence-electron chi connectivity index (χ2n) is 9.72. The van der Waals surface area contributed by atoms with Crippen LogP contribution in [0.3, 0.4) is 0 Å². The Bertz CT molecular complexity index is 1160. The van der Waals surface area contributed by atoms with Gasteiger partial charge in [0.2, 0.25) is 15.9 Å². The average molecular weight is 470 g/mol. The molecule has 3 rings (SSSR count). The van der Waals surface area contributed by atoms with Gasteiger partial charge in [-0.25, -0.2) is 8.42 Å². The third-order valence-electron chi connectivity index (χ3n) is 5.39. The Morgan fingerprint density at radius 3 is 2.18 bits per heavy atom. The molecule has 0 atom stereocenters. The van der Waals surface area contributed by atoms with E-state index in [-0.39, 0.29) is 40.6 Å². The fourth-order valence-electron chi connectivity index (χ4n) is 3.86. The van der Waals surface area contributed by atoms with Crippen molar-refractivity contribution in [3.63, 3.8) is 0 Å². The Balaban J connectivity index is 1.85. The van der Waals surface area contributed by atoms with Crippen molar-refractivity contribution in [2.45, 2.75) is 45.9 Å². The molecule has 0 saturated carbocycles. The number of nitriles is 1. The topological polar surface area (TPSA) is 90.7 Å². The lowest BCUT2D eigenvalue weighted by molar-refractivity contribution is -0.134. The summed E-state index contributed by atoms with van der Waals surface area (Å²) < 4.78 is 34.4. The lowest BCUT2D eigenvalue weighted by atomic mass is 9.91. The highest BCUT2D eigenvalue weighted by Gasteiger charge is 2.33. The van der Waals surface area contributed by atoms with E-state index >= 15 is 0 Å². The van der Waals surface area contributed by atoms with Gasteiger partial charge in [-0.1, -0.05) is 26.8 Å². The van der Waals surface area contributed by atoms with E-state index in [4.69, 9.17) is 4.74 Å². The first-order chi connectivity index (χ1) is 15.4. The minimum Gasteiger partial charge on any atom is -0.456 e. The van der Waals surface area contributed by atoms with Crippen LogP contribution in [0, 0.1) is 30.6 Å². The molecule has 8 heteroatoms. The lowest BCUT2D eigenvalue weighted by Gasteiger charge is -2.35. The van der Waals surface area contributed by atoms with Crippen LogP contribution in [-0.2, 0) is 14.8 Å². The number of aryl methyl sites for hydroxylation is 2. The Morgan fingerprint density at radius 1 is 1.03 bits per heavy atom. The molecule has 0 spiro atoms. The summed E-state index contributed by atoms with van der Waals surface area (Å²) in [5.74, 6) is 0.737. The number of carbonyl (C=O) groups excluding carboxylic acids is 1. The van der Waals surface area contributed by atoms with Crippen LogP contribution in [0.2, 0.25) is 0 Å². The number of hydrogen-bond donors (Lipinski definition) is 0. The van der Waals surface area contributed by atoms with Gasteiger partial charge in [0.25, 0.3) is 0 Å². The van der Waals surface area contributed by atoms with Crippen LogP contribution in [0.5, 0.6) is 11.5 Å². The summed E-state index contributed by atoms with van der Waals surface area (Å²) >= 11 is 0. The molecule has 176 valence electrons. The molecule has 2 aromatic carbocycles. The van der Waals surface area contributed by atoms with Gasteiger partial charge in [0.05, 0.1) is 11.6 Å². The van der Waals surface area contributed by atoms with E-state index in [1.54, 1.807) is 11.0 Å². The van der Waals surface area contributed by atoms with Crippen molar-refractivity contribution in [1.82, 2.24) is 9.21 Å². The summed E-state index contributed by atoms with van der Waals surface area (Å²) in [5.41, 5.74) is 2.11. The molecule has 1 heterocycles. The lowest BCUT2D eigenvalue weighted by Crippen LogP contribution is -2.51. The number of nitrogens with zero attached hydrogens (tertiary/aromatic N) is 3. The maximum absolute atomic E-state index is 13.5. The van der Waals surface area contributed by atoms with Crippen molar-refractivity contribution in [2.75, 3.05) is 26.2 Å². The molecule has 1 amide bonds. The van der Waals surface area contributed by atoms with Crippen molar-refractivity contribution >= 4 is 15.9 Å². The van der Waals surface area contributed by atoms with E-state index in [2.05, 4.69) is 0 Å². The highest BCUT2D eigenvalue weighted by molar-refractivity contribution is 7.89. The first-order valence-corrected chi connectivity index (χ1v) is 12.4. The van der Waals surface area contributed by atoms with Crippen LogP contribution >= 0.6 is 0 Å². The summed E-state index contributed by atoms with van der Waals surface area (Å²) in [5, 5.41) is 9.34. The van der Waals surface area contributed by atoms with E-state index in [0.29, 0.717) is 25.3 Å². The highest BCUT2D eigenvalue weighted by Crippen LogP contribution is 2.33. The number of rotatable bonds is 5. The number of benzene rings is 2. The maximum atomic E-state index is 13.5. The first kappa shape index (κ1) is 24.7. The molecule has 0 aliphatic carbocycles. The third-order valence-corrected chi connectivity index (χ3v) is 7.31. The molecule has 1 saturated heterocycles. The monoisotopic (exact) mass is 469 g/mol. The van der Waals surface area contributed by atoms with Gasteiger partial charge in [0.15, 0.2) is 0 Å². The standard InChI is InChI=1S/C25H31N3O4S/c1-18-12-19(2)14-21(13-18)32-22-7-6-20(17-26)15-23(22)33(30,31)28-10-8-27(9-11-28)24(29)16-25(3,4)5/h6-7,12-15H,8-11,16H2,1-5H3. The van der Waals surface area contributed by atoms with E-state index in [1.165, 1.54) is 16.4 Å². The largest absolute Gasteiger partial charge is 0.456 e. The van der Waals surface area contributed by atoms with E-state index in [9.17, 15) is 18.5 Å². The van der Waals surface area contributed by atoms with Gasteiger partial charge in [-0.15, -0.1) is 0 Å². The summed E-state index contributed by atoms with van der Waals surface area (Å²) in [6.07, 6.45) is 0.415. The summed E-state index contributed by atoms with van der Waals surface area (Å²) in [6, 6.07) is 12.1. The highest BCUT2D eigenvalue weighted by atomic mass is 32.2. The van der Waals surface area contributed by atoms with Gasteiger partial charge in [0.1, 0.15) is 16.4 Å². The number of sulfonamides is 1. The molecule has 0 unspecified atom stereocenters. The molecule has 1 aliphatic heterocycles. The molecule has 0 radical (unpaired) electrons. The van der Waals surface area contributed by atoms with Crippen LogP contribution < -0.4 is 4.74 Å². The molecular formula is C25H31N3O4S. The Kier molecular flexibility index (Phi) is 7.15. The zero-order valence-electron chi connectivity index (χ0n) is 19.9. The van der Waals surface area contributed by atoms with E-state index < -0.39 is 10.0 Å². The number of piperazine rings is 1. The first-order valence-electron chi connectivity index (χ1n) is 11.0. The summed E-state index contributed by atoms with van der Waals surface area (Å²) in [7, 11) is -3.93. The Hall–Kier alpha value is -2.89. The van der Waals surface area contributed by atoms with Gasteiger partial charge in [-0.2, -0.15) is 9.57 Å². The van der Waals surface area contributed by atoms with Crippen molar-refractivity contribution in [1.29, 1.82) is 5.26 Å². The SMILES string of the molecule is Cc1cc(C)cc(Oc2ccc(C#N)cc2S(=O)(=O)N2CCN(C(=O)CC(C)(C)C)CC2)c1. The predicted molar refractivity (Wildman–Crippen MR) is 127 cm³/mol. The van der Waals surface area contributed by atoms with Gasteiger partial charge in [-0.05, 0) is 60.7 Å². The molecule has 0 bridgehead atoms. The molecular weight excluding hydrogens is 438 g/mol. The van der Waals surface area contributed by atoms with Crippen LogP contribution in [0.25, 0.3) is 0 Å². The van der Waals surface area contributed by atoms with Crippen LogP contribution in [0.4, 0.5) is 0 Å². The van der Waals surface area contributed by atoms with Gasteiger partial charge in [0, 0.05) is 32.6 Å². The van der Waals surface area contributed by atoms with Crippen LogP contribution in [0.15, 0.2) is 41.3 Å². The molecule has 1 aliphatic rings.